The van der Waals surface area contributed by atoms with Gasteiger partial charge in [-0.3, -0.25) is 10.1 Å². The number of thioether (sulfide) groups is 1. The van der Waals surface area contributed by atoms with Gasteiger partial charge in [-0.15, -0.1) is 10.2 Å². The molecule has 0 unspecified atom stereocenters. The van der Waals surface area contributed by atoms with Crippen LogP contribution in [0.5, 0.6) is 0 Å². The maximum absolute atomic E-state index is 11.9. The number of benzene rings is 1. The van der Waals surface area contributed by atoms with Crippen molar-refractivity contribution in [2.24, 2.45) is 0 Å². The smallest absolute Gasteiger partial charge is 0.307 e. The first-order valence-electron chi connectivity index (χ1n) is 7.73. The van der Waals surface area contributed by atoms with Crippen molar-refractivity contribution >= 4 is 29.4 Å². The van der Waals surface area contributed by atoms with E-state index in [9.17, 15) is 9.59 Å². The summed E-state index contributed by atoms with van der Waals surface area (Å²) in [7, 11) is 0. The molecule has 1 fully saturated rings. The molecule has 1 heterocycles. The summed E-state index contributed by atoms with van der Waals surface area (Å²) in [5.41, 5.74) is 2.75. The third kappa shape index (κ3) is 4.14. The van der Waals surface area contributed by atoms with E-state index >= 15 is 0 Å². The van der Waals surface area contributed by atoms with Crippen LogP contribution in [0.15, 0.2) is 29.7 Å². The Morgan fingerprint density at radius 1 is 1.33 bits per heavy atom. The van der Waals surface area contributed by atoms with Crippen molar-refractivity contribution in [1.29, 1.82) is 0 Å². The fourth-order valence-corrected chi connectivity index (χ4v) is 3.12. The third-order valence-electron chi connectivity index (χ3n) is 3.70. The second-order valence-electron chi connectivity index (χ2n) is 5.86. The van der Waals surface area contributed by atoms with E-state index in [2.05, 4.69) is 20.8 Å². The number of rotatable bonds is 5. The van der Waals surface area contributed by atoms with Crippen LogP contribution in [0.25, 0.3) is 0 Å². The Balaban J connectivity index is 1.49. The predicted octanol–water partition coefficient (Wildman–Crippen LogP) is 2.67. The van der Waals surface area contributed by atoms with E-state index in [1.165, 1.54) is 11.8 Å². The van der Waals surface area contributed by atoms with Gasteiger partial charge in [-0.2, -0.15) is 0 Å². The first-order valence-corrected chi connectivity index (χ1v) is 8.72. The van der Waals surface area contributed by atoms with Gasteiger partial charge in [0.1, 0.15) is 6.33 Å². The number of anilines is 1. The second-order valence-corrected chi connectivity index (χ2v) is 6.80. The lowest BCUT2D eigenvalue weighted by atomic mass is 10.1. The highest BCUT2D eigenvalue weighted by Gasteiger charge is 2.26. The Labute approximate surface area is 144 Å². The molecule has 8 heteroatoms. The van der Waals surface area contributed by atoms with Gasteiger partial charge < -0.3 is 9.88 Å². The van der Waals surface area contributed by atoms with E-state index in [-0.39, 0.29) is 11.7 Å². The summed E-state index contributed by atoms with van der Waals surface area (Å²) < 4.78 is 1.98. The number of urea groups is 1. The minimum absolute atomic E-state index is 0.117. The Bertz CT molecular complexity index is 770. The Hall–Kier alpha value is -2.35. The van der Waals surface area contributed by atoms with Crippen molar-refractivity contribution in [1.82, 2.24) is 20.1 Å². The first-order chi connectivity index (χ1) is 11.5. The third-order valence-corrected chi connectivity index (χ3v) is 4.65. The minimum atomic E-state index is -0.531. The molecule has 0 saturated heterocycles. The number of hydrogen-bond acceptors (Lipinski definition) is 5. The van der Waals surface area contributed by atoms with Crippen LogP contribution >= 0.6 is 11.8 Å². The maximum Gasteiger partial charge on any atom is 0.325 e. The molecule has 2 N–H and O–H groups in total. The van der Waals surface area contributed by atoms with Crippen molar-refractivity contribution in [2.75, 3.05) is 11.1 Å². The van der Waals surface area contributed by atoms with Gasteiger partial charge in [-0.1, -0.05) is 29.5 Å². The van der Waals surface area contributed by atoms with Crippen molar-refractivity contribution in [3.63, 3.8) is 0 Å². The van der Waals surface area contributed by atoms with Gasteiger partial charge in [0.2, 0.25) is 5.91 Å². The van der Waals surface area contributed by atoms with Gasteiger partial charge in [0.25, 0.3) is 0 Å². The molecule has 0 atom stereocenters. The molecule has 1 aliphatic rings. The average Bonchev–Trinajstić information content (AvgIpc) is 3.26. The van der Waals surface area contributed by atoms with Crippen molar-refractivity contribution < 1.29 is 9.59 Å². The fraction of sp³-hybridized carbons (Fsp3) is 0.375. The lowest BCUT2D eigenvalue weighted by molar-refractivity contribution is -0.117. The van der Waals surface area contributed by atoms with Crippen molar-refractivity contribution in [3.8, 4) is 0 Å². The number of imide groups is 1. The van der Waals surface area contributed by atoms with E-state index in [1.54, 1.807) is 6.33 Å². The van der Waals surface area contributed by atoms with Crippen LogP contribution in [-0.4, -0.2) is 32.5 Å². The van der Waals surface area contributed by atoms with Crippen LogP contribution in [0.1, 0.15) is 30.0 Å². The van der Waals surface area contributed by atoms with Crippen LogP contribution < -0.4 is 10.6 Å². The molecule has 0 bridgehead atoms. The molecule has 1 saturated carbocycles. The summed E-state index contributed by atoms with van der Waals surface area (Å²) in [6.45, 7) is 3.89. The number of nitrogens with one attached hydrogen (secondary N) is 2. The average molecular weight is 345 g/mol. The summed E-state index contributed by atoms with van der Waals surface area (Å²) >= 11 is 1.28. The molecule has 0 aliphatic heterocycles. The number of aromatic nitrogens is 3. The topological polar surface area (TPSA) is 88.9 Å². The fourth-order valence-electron chi connectivity index (χ4n) is 2.34. The zero-order valence-corrected chi connectivity index (χ0v) is 14.4. The molecule has 1 aromatic carbocycles. The van der Waals surface area contributed by atoms with Gasteiger partial charge in [-0.05, 0) is 38.3 Å². The highest BCUT2D eigenvalue weighted by atomic mass is 32.2. The van der Waals surface area contributed by atoms with Crippen LogP contribution in [0, 0.1) is 13.8 Å². The standard InChI is InChI=1S/C16H19N5O2S/c1-10-3-6-13(11(2)7-10)18-15(23)19-14(22)8-24-16-20-17-9-21(16)12-4-5-12/h3,6-7,9,12H,4-5,8H2,1-2H3,(H2,18,19,22,23). The normalized spacial score (nSPS) is 13.6. The number of nitrogens with zero attached hydrogens (tertiary/aromatic N) is 3. The number of carbonyl (C=O) groups is 2. The van der Waals surface area contributed by atoms with Gasteiger partial charge >= 0.3 is 6.03 Å². The summed E-state index contributed by atoms with van der Waals surface area (Å²) in [5.74, 6) is -0.251. The van der Waals surface area contributed by atoms with Crippen LogP contribution in [0.3, 0.4) is 0 Å². The second kappa shape index (κ2) is 7.04. The van der Waals surface area contributed by atoms with Gasteiger partial charge in [0.05, 0.1) is 5.75 Å². The molecule has 3 rings (SSSR count). The van der Waals surface area contributed by atoms with E-state index in [1.807, 2.05) is 36.6 Å². The maximum atomic E-state index is 11.9. The number of hydrogen-bond donors (Lipinski definition) is 2. The largest absolute Gasteiger partial charge is 0.325 e. The summed E-state index contributed by atoms with van der Waals surface area (Å²) in [6, 6.07) is 5.62. The predicted molar refractivity (Wildman–Crippen MR) is 92.1 cm³/mol. The molecule has 7 nitrogen and oxygen atoms in total. The number of aryl methyl sites for hydroxylation is 2. The van der Waals surface area contributed by atoms with E-state index < -0.39 is 6.03 Å². The van der Waals surface area contributed by atoms with Crippen molar-refractivity contribution in [3.05, 3.63) is 35.7 Å². The molecule has 1 aromatic heterocycles. The highest BCUT2D eigenvalue weighted by Crippen LogP contribution is 2.37. The van der Waals surface area contributed by atoms with Gasteiger partial charge in [-0.25, -0.2) is 4.79 Å². The Kier molecular flexibility index (Phi) is 4.84. The molecular formula is C16H19N5O2S. The SMILES string of the molecule is Cc1ccc(NC(=O)NC(=O)CSc2nncn2C2CC2)c(C)c1. The molecule has 126 valence electrons. The molecule has 2 aromatic rings. The Morgan fingerprint density at radius 3 is 2.83 bits per heavy atom. The molecule has 0 spiro atoms. The molecule has 3 amide bonds. The molecular weight excluding hydrogens is 326 g/mol. The van der Waals surface area contributed by atoms with Crippen LogP contribution in [0.4, 0.5) is 10.5 Å². The summed E-state index contributed by atoms with van der Waals surface area (Å²) in [4.78, 5) is 23.8. The monoisotopic (exact) mass is 345 g/mol. The first kappa shape index (κ1) is 16.5. The van der Waals surface area contributed by atoms with Crippen LogP contribution in [0.2, 0.25) is 0 Å². The number of carbonyl (C=O) groups excluding carboxylic acids is 2. The molecule has 1 aliphatic carbocycles. The zero-order chi connectivity index (χ0) is 17.1. The van der Waals surface area contributed by atoms with Gasteiger partial charge in [0, 0.05) is 11.7 Å². The Morgan fingerprint density at radius 2 is 2.12 bits per heavy atom. The van der Waals surface area contributed by atoms with E-state index in [4.69, 9.17) is 0 Å². The van der Waals surface area contributed by atoms with E-state index in [0.717, 1.165) is 24.0 Å². The van der Waals surface area contributed by atoms with E-state index in [0.29, 0.717) is 16.9 Å². The lowest BCUT2D eigenvalue weighted by Gasteiger charge is -2.10. The number of amides is 3. The van der Waals surface area contributed by atoms with Gasteiger partial charge in [0.15, 0.2) is 5.16 Å². The molecule has 0 radical (unpaired) electrons. The summed E-state index contributed by atoms with van der Waals surface area (Å²) in [5, 5.41) is 13.6. The lowest BCUT2D eigenvalue weighted by Crippen LogP contribution is -2.35. The molecule has 24 heavy (non-hydrogen) atoms. The quantitative estimate of drug-likeness (QED) is 0.813. The van der Waals surface area contributed by atoms with Crippen molar-refractivity contribution in [2.45, 2.75) is 37.9 Å². The van der Waals surface area contributed by atoms with Crippen LogP contribution in [-0.2, 0) is 4.79 Å². The summed E-state index contributed by atoms with van der Waals surface area (Å²) in [6.07, 6.45) is 3.93. The zero-order valence-electron chi connectivity index (χ0n) is 13.6. The minimum Gasteiger partial charge on any atom is -0.307 e. The highest BCUT2D eigenvalue weighted by molar-refractivity contribution is 7.99.